The zero-order chi connectivity index (χ0) is 19.2. The molecule has 2 N–H and O–H groups in total. The first-order valence-electron chi connectivity index (χ1n) is 9.06. The Kier molecular flexibility index (Phi) is 9.75. The largest absolute Gasteiger partial charge is 0.379 e. The van der Waals surface area contributed by atoms with Crippen LogP contribution < -0.4 is 15.5 Å². The van der Waals surface area contributed by atoms with Crippen molar-refractivity contribution in [1.29, 1.82) is 0 Å². The zero-order valence-corrected chi connectivity index (χ0v) is 19.3. The second-order valence-corrected chi connectivity index (χ2v) is 7.37. The summed E-state index contributed by atoms with van der Waals surface area (Å²) in [7, 11) is 5.41. The molecule has 27 heavy (non-hydrogen) atoms. The van der Waals surface area contributed by atoms with Crippen LogP contribution in [0.3, 0.4) is 0 Å². The highest BCUT2D eigenvalue weighted by Gasteiger charge is 2.28. The normalized spacial score (nSPS) is 15.9. The molecule has 0 aromatic heterocycles. The number of aliphatic imine (C=N–C) groups is 1. The Morgan fingerprint density at radius 3 is 2.48 bits per heavy atom. The number of hydrogen-bond acceptors (Lipinski definition) is 4. The number of halogens is 2. The second-order valence-electron chi connectivity index (χ2n) is 7.37. The van der Waals surface area contributed by atoms with Crippen LogP contribution in [-0.2, 0) is 11.3 Å². The van der Waals surface area contributed by atoms with Crippen LogP contribution in [0.15, 0.2) is 23.2 Å². The summed E-state index contributed by atoms with van der Waals surface area (Å²) in [4.78, 5) is 8.46. The van der Waals surface area contributed by atoms with Crippen molar-refractivity contribution in [2.75, 3.05) is 58.9 Å². The molecule has 1 aromatic carbocycles. The molecule has 0 unspecified atom stereocenters. The maximum absolute atomic E-state index is 14.1. The third-order valence-electron chi connectivity index (χ3n) is 4.73. The molecule has 1 fully saturated rings. The van der Waals surface area contributed by atoms with Gasteiger partial charge in [-0.1, -0.05) is 6.07 Å². The predicted octanol–water partition coefficient (Wildman–Crippen LogP) is 2.29. The molecule has 154 valence electrons. The fraction of sp³-hybridized carbons (Fsp3) is 0.632. The number of guanidine groups is 1. The van der Waals surface area contributed by atoms with E-state index >= 15 is 0 Å². The lowest BCUT2D eigenvalue weighted by Gasteiger charge is -2.41. The van der Waals surface area contributed by atoms with Gasteiger partial charge in [0.05, 0.1) is 18.9 Å². The van der Waals surface area contributed by atoms with Crippen molar-refractivity contribution in [3.8, 4) is 0 Å². The second kappa shape index (κ2) is 11.0. The molecule has 0 spiro atoms. The fourth-order valence-electron chi connectivity index (χ4n) is 3.01. The van der Waals surface area contributed by atoms with E-state index in [0.717, 1.165) is 38.4 Å². The molecule has 0 radical (unpaired) electrons. The third kappa shape index (κ3) is 7.08. The molecule has 0 atom stereocenters. The van der Waals surface area contributed by atoms with Gasteiger partial charge in [-0.25, -0.2) is 4.39 Å². The van der Waals surface area contributed by atoms with Crippen molar-refractivity contribution in [3.63, 3.8) is 0 Å². The maximum atomic E-state index is 14.1. The van der Waals surface area contributed by atoms with Crippen LogP contribution in [0, 0.1) is 5.82 Å². The average Bonchev–Trinajstić information content (AvgIpc) is 2.62. The molecule has 1 heterocycles. The Hall–Kier alpha value is -1.13. The molecule has 1 aliphatic rings. The Balaban J connectivity index is 0.00000364. The lowest BCUT2D eigenvalue weighted by atomic mass is 10.0. The monoisotopic (exact) mass is 493 g/mol. The number of nitrogens with zero attached hydrogens (tertiary/aromatic N) is 3. The minimum absolute atomic E-state index is 0. The molecule has 8 heteroatoms. The van der Waals surface area contributed by atoms with Crippen molar-refractivity contribution in [2.45, 2.75) is 25.9 Å². The summed E-state index contributed by atoms with van der Waals surface area (Å²) in [6, 6.07) is 5.29. The summed E-state index contributed by atoms with van der Waals surface area (Å²) in [5, 5.41) is 6.63. The van der Waals surface area contributed by atoms with Gasteiger partial charge in [0.2, 0.25) is 0 Å². The van der Waals surface area contributed by atoms with Crippen LogP contribution in [0.1, 0.15) is 19.4 Å². The van der Waals surface area contributed by atoms with Gasteiger partial charge in [-0.15, -0.1) is 24.0 Å². The summed E-state index contributed by atoms with van der Waals surface area (Å²) in [6.07, 6.45) is 0. The summed E-state index contributed by atoms with van der Waals surface area (Å²) in [5.41, 5.74) is 1.47. The number of hydrogen-bond donors (Lipinski definition) is 2. The molecule has 1 aromatic rings. The third-order valence-corrected chi connectivity index (χ3v) is 4.73. The minimum Gasteiger partial charge on any atom is -0.379 e. The quantitative estimate of drug-likeness (QED) is 0.362. The number of ether oxygens (including phenoxy) is 1. The standard InChI is InChI=1S/C19H32FN5O.HI/c1-19(2,25-8-10-26-11-9-25)14-23-18(21-3)22-13-15-6-7-17(24(4)5)16(20)12-15;/h6-7,12H,8-11,13-14H2,1-5H3,(H2,21,22,23);1H. The lowest BCUT2D eigenvalue weighted by Crippen LogP contribution is -2.56. The van der Waals surface area contributed by atoms with E-state index in [1.807, 2.05) is 20.2 Å². The van der Waals surface area contributed by atoms with Crippen LogP contribution in [0.2, 0.25) is 0 Å². The van der Waals surface area contributed by atoms with Crippen LogP contribution in [-0.4, -0.2) is 70.4 Å². The van der Waals surface area contributed by atoms with E-state index in [1.54, 1.807) is 24.1 Å². The average molecular weight is 493 g/mol. The molecular weight excluding hydrogens is 460 g/mol. The van der Waals surface area contributed by atoms with Gasteiger partial charge in [0.15, 0.2) is 5.96 Å². The molecule has 0 bridgehead atoms. The smallest absolute Gasteiger partial charge is 0.191 e. The SMILES string of the molecule is CN=C(NCc1ccc(N(C)C)c(F)c1)NCC(C)(C)N1CCOCC1.I. The maximum Gasteiger partial charge on any atom is 0.191 e. The lowest BCUT2D eigenvalue weighted by molar-refractivity contribution is -0.00834. The fourth-order valence-corrected chi connectivity index (χ4v) is 3.01. The van der Waals surface area contributed by atoms with Crippen LogP contribution in [0.4, 0.5) is 10.1 Å². The van der Waals surface area contributed by atoms with Crippen molar-refractivity contribution < 1.29 is 9.13 Å². The van der Waals surface area contributed by atoms with Gasteiger partial charge >= 0.3 is 0 Å². The molecule has 2 rings (SSSR count). The molecule has 6 nitrogen and oxygen atoms in total. The number of anilines is 1. The van der Waals surface area contributed by atoms with Crippen LogP contribution in [0.25, 0.3) is 0 Å². The van der Waals surface area contributed by atoms with Gasteiger partial charge in [0.1, 0.15) is 5.82 Å². The van der Waals surface area contributed by atoms with Gasteiger partial charge in [0, 0.05) is 52.9 Å². The molecule has 0 amide bonds. The summed E-state index contributed by atoms with van der Waals surface area (Å²) in [5.74, 6) is 0.495. The van der Waals surface area contributed by atoms with Gasteiger partial charge in [-0.05, 0) is 31.5 Å². The first kappa shape index (κ1) is 23.9. The Morgan fingerprint density at radius 2 is 1.93 bits per heavy atom. The number of benzene rings is 1. The summed E-state index contributed by atoms with van der Waals surface area (Å²) in [6.45, 7) is 9.16. The number of rotatable bonds is 6. The minimum atomic E-state index is -0.217. The first-order valence-corrected chi connectivity index (χ1v) is 9.06. The van der Waals surface area contributed by atoms with Gasteiger partial charge in [0.25, 0.3) is 0 Å². The van der Waals surface area contributed by atoms with E-state index in [2.05, 4.69) is 34.4 Å². The Bertz CT molecular complexity index is 618. The van der Waals surface area contributed by atoms with Crippen molar-refractivity contribution in [3.05, 3.63) is 29.6 Å². The van der Waals surface area contributed by atoms with E-state index in [-0.39, 0.29) is 35.3 Å². The van der Waals surface area contributed by atoms with E-state index in [9.17, 15) is 4.39 Å². The Labute approximate surface area is 179 Å². The van der Waals surface area contributed by atoms with E-state index < -0.39 is 0 Å². The van der Waals surface area contributed by atoms with Gasteiger partial charge < -0.3 is 20.3 Å². The zero-order valence-electron chi connectivity index (χ0n) is 17.0. The number of nitrogens with one attached hydrogen (secondary N) is 2. The highest BCUT2D eigenvalue weighted by atomic mass is 127. The summed E-state index contributed by atoms with van der Waals surface area (Å²) < 4.78 is 19.5. The first-order chi connectivity index (χ1) is 12.3. The van der Waals surface area contributed by atoms with Crippen molar-refractivity contribution in [1.82, 2.24) is 15.5 Å². The van der Waals surface area contributed by atoms with Crippen LogP contribution >= 0.6 is 24.0 Å². The van der Waals surface area contributed by atoms with Gasteiger partial charge in [-0.2, -0.15) is 0 Å². The highest BCUT2D eigenvalue weighted by molar-refractivity contribution is 14.0. The molecule has 0 aliphatic carbocycles. The van der Waals surface area contributed by atoms with E-state index in [1.165, 1.54) is 0 Å². The number of morpholine rings is 1. The molecule has 0 saturated carbocycles. The Morgan fingerprint density at radius 1 is 1.26 bits per heavy atom. The summed E-state index contributed by atoms with van der Waals surface area (Å²) >= 11 is 0. The van der Waals surface area contributed by atoms with E-state index in [0.29, 0.717) is 18.2 Å². The van der Waals surface area contributed by atoms with Crippen LogP contribution in [0.5, 0.6) is 0 Å². The molecule has 1 saturated heterocycles. The molecular formula is C19H33FIN5O. The topological polar surface area (TPSA) is 52.1 Å². The van der Waals surface area contributed by atoms with Crippen molar-refractivity contribution >= 4 is 35.6 Å². The van der Waals surface area contributed by atoms with Crippen molar-refractivity contribution in [2.24, 2.45) is 4.99 Å². The molecule has 1 aliphatic heterocycles. The van der Waals surface area contributed by atoms with Gasteiger partial charge in [-0.3, -0.25) is 9.89 Å². The predicted molar refractivity (Wildman–Crippen MR) is 121 cm³/mol. The van der Waals surface area contributed by atoms with E-state index in [4.69, 9.17) is 4.74 Å². The highest BCUT2D eigenvalue weighted by Crippen LogP contribution is 2.18.